The van der Waals surface area contributed by atoms with Crippen molar-refractivity contribution < 1.29 is 13.2 Å². The minimum Gasteiger partial charge on any atom is -0.325 e. The first kappa shape index (κ1) is 21.5. The van der Waals surface area contributed by atoms with E-state index in [0.717, 1.165) is 0 Å². The van der Waals surface area contributed by atoms with Crippen LogP contribution in [0.4, 0.5) is 5.69 Å². The van der Waals surface area contributed by atoms with Gasteiger partial charge in [-0.1, -0.05) is 13.8 Å². The molecule has 0 spiro atoms. The summed E-state index contributed by atoms with van der Waals surface area (Å²) in [4.78, 5) is 31.3. The van der Waals surface area contributed by atoms with Crippen molar-refractivity contribution in [3.8, 4) is 0 Å². The highest BCUT2D eigenvalue weighted by Gasteiger charge is 2.33. The highest BCUT2D eigenvalue weighted by molar-refractivity contribution is 7.86. The van der Waals surface area contributed by atoms with Crippen LogP contribution in [0, 0.1) is 0 Å². The third-order valence-electron chi connectivity index (χ3n) is 5.34. The second kappa shape index (κ2) is 8.66. The minimum absolute atomic E-state index is 0.178. The van der Waals surface area contributed by atoms with Gasteiger partial charge in [-0.15, -0.1) is 0 Å². The van der Waals surface area contributed by atoms with Gasteiger partial charge in [-0.05, 0) is 25.1 Å². The Labute approximate surface area is 170 Å². The maximum absolute atomic E-state index is 12.7. The van der Waals surface area contributed by atoms with Gasteiger partial charge in [-0.25, -0.2) is 4.79 Å². The summed E-state index contributed by atoms with van der Waals surface area (Å²) in [7, 11) is -3.45. The van der Waals surface area contributed by atoms with E-state index in [1.54, 1.807) is 25.1 Å². The van der Waals surface area contributed by atoms with Crippen molar-refractivity contribution in [2.45, 2.75) is 26.8 Å². The van der Waals surface area contributed by atoms with Crippen molar-refractivity contribution in [3.05, 3.63) is 28.7 Å². The van der Waals surface area contributed by atoms with Crippen LogP contribution >= 0.6 is 0 Å². The number of imidazole rings is 1. The Morgan fingerprint density at radius 1 is 1.14 bits per heavy atom. The van der Waals surface area contributed by atoms with Gasteiger partial charge in [0.15, 0.2) is 0 Å². The van der Waals surface area contributed by atoms with Crippen LogP contribution in [0.3, 0.4) is 0 Å². The molecule has 2 heterocycles. The SMILES string of the molecule is CCN(CC)S(=O)(=O)N1CCN(C(C)C(=O)Nc2ccc3[nH]c(=O)[nH]c3c2)CC1. The zero-order valence-electron chi connectivity index (χ0n) is 16.9. The number of fused-ring (bicyclic) bond motifs is 1. The highest BCUT2D eigenvalue weighted by atomic mass is 32.2. The van der Waals surface area contributed by atoms with Crippen molar-refractivity contribution in [2.24, 2.45) is 0 Å². The number of amides is 1. The van der Waals surface area contributed by atoms with E-state index < -0.39 is 16.3 Å². The Morgan fingerprint density at radius 3 is 2.38 bits per heavy atom. The molecule has 10 nitrogen and oxygen atoms in total. The third kappa shape index (κ3) is 4.53. The maximum Gasteiger partial charge on any atom is 0.323 e. The Kier molecular flexibility index (Phi) is 6.42. The molecular weight excluding hydrogens is 396 g/mol. The topological polar surface area (TPSA) is 122 Å². The van der Waals surface area contributed by atoms with Gasteiger partial charge in [0.1, 0.15) is 0 Å². The standard InChI is InChI=1S/C18H28N6O4S/c1-4-23(5-2)29(27,28)24-10-8-22(9-11-24)13(3)17(25)19-14-6-7-15-16(12-14)21-18(26)20-15/h6-7,12-13H,4-5,8-11H2,1-3H3,(H,19,25)(H2,20,21,26). The van der Waals surface area contributed by atoms with Gasteiger partial charge in [-0.3, -0.25) is 9.69 Å². The summed E-state index contributed by atoms with van der Waals surface area (Å²) in [5.41, 5.74) is 1.59. The lowest BCUT2D eigenvalue weighted by Gasteiger charge is -2.38. The van der Waals surface area contributed by atoms with E-state index in [0.29, 0.717) is 56.0 Å². The van der Waals surface area contributed by atoms with Gasteiger partial charge < -0.3 is 15.3 Å². The molecule has 3 rings (SSSR count). The Hall–Kier alpha value is -2.21. The number of nitrogens with zero attached hydrogens (tertiary/aromatic N) is 3. The summed E-state index contributed by atoms with van der Waals surface area (Å²) in [6.45, 7) is 8.01. The van der Waals surface area contributed by atoms with Crippen LogP contribution in [0.2, 0.25) is 0 Å². The first-order valence-corrected chi connectivity index (χ1v) is 11.2. The normalized spacial score (nSPS) is 17.7. The van der Waals surface area contributed by atoms with Gasteiger partial charge in [0.25, 0.3) is 10.2 Å². The highest BCUT2D eigenvalue weighted by Crippen LogP contribution is 2.17. The molecule has 160 valence electrons. The average molecular weight is 425 g/mol. The molecule has 1 aromatic heterocycles. The van der Waals surface area contributed by atoms with Crippen molar-refractivity contribution >= 4 is 32.8 Å². The molecule has 1 fully saturated rings. The molecule has 29 heavy (non-hydrogen) atoms. The number of hydrogen-bond acceptors (Lipinski definition) is 5. The smallest absolute Gasteiger partial charge is 0.323 e. The van der Waals surface area contributed by atoms with E-state index in [-0.39, 0.29) is 11.6 Å². The van der Waals surface area contributed by atoms with Crippen molar-refractivity contribution in [1.29, 1.82) is 0 Å². The lowest BCUT2D eigenvalue weighted by Crippen LogP contribution is -2.56. The van der Waals surface area contributed by atoms with Gasteiger partial charge in [0.2, 0.25) is 5.91 Å². The predicted octanol–water partition coefficient (Wildman–Crippen LogP) is 0.387. The van der Waals surface area contributed by atoms with Crippen LogP contribution in [0.5, 0.6) is 0 Å². The molecule has 0 saturated carbocycles. The summed E-state index contributed by atoms with van der Waals surface area (Å²) < 4.78 is 28.2. The van der Waals surface area contributed by atoms with Gasteiger partial charge in [-0.2, -0.15) is 17.0 Å². The Bertz CT molecular complexity index is 1020. The number of benzene rings is 1. The fourth-order valence-corrected chi connectivity index (χ4v) is 5.16. The van der Waals surface area contributed by atoms with E-state index in [9.17, 15) is 18.0 Å². The summed E-state index contributed by atoms with van der Waals surface area (Å²) in [6, 6.07) is 4.75. The third-order valence-corrected chi connectivity index (χ3v) is 7.53. The monoisotopic (exact) mass is 424 g/mol. The van der Waals surface area contributed by atoms with E-state index in [4.69, 9.17) is 0 Å². The number of carbonyl (C=O) groups excluding carboxylic acids is 1. The molecule has 1 aliphatic heterocycles. The zero-order valence-corrected chi connectivity index (χ0v) is 17.8. The van der Waals surface area contributed by atoms with Crippen LogP contribution in [-0.4, -0.2) is 83.1 Å². The summed E-state index contributed by atoms with van der Waals surface area (Å²) in [5.74, 6) is -0.178. The number of rotatable bonds is 7. The summed E-state index contributed by atoms with van der Waals surface area (Å²) >= 11 is 0. The number of aromatic amines is 2. The van der Waals surface area contributed by atoms with Crippen LogP contribution in [-0.2, 0) is 15.0 Å². The molecule has 0 bridgehead atoms. The molecule has 1 unspecified atom stereocenters. The second-order valence-corrected chi connectivity index (χ2v) is 8.96. The quantitative estimate of drug-likeness (QED) is 0.594. The molecule has 1 atom stereocenters. The van der Waals surface area contributed by atoms with Crippen LogP contribution in [0.25, 0.3) is 11.0 Å². The zero-order chi connectivity index (χ0) is 21.2. The number of nitrogens with one attached hydrogen (secondary N) is 3. The van der Waals surface area contributed by atoms with E-state index in [2.05, 4.69) is 15.3 Å². The molecule has 1 saturated heterocycles. The molecule has 0 aliphatic carbocycles. The van der Waals surface area contributed by atoms with Gasteiger partial charge >= 0.3 is 5.69 Å². The molecule has 2 aromatic rings. The lowest BCUT2D eigenvalue weighted by atomic mass is 10.2. The number of hydrogen-bond donors (Lipinski definition) is 3. The second-order valence-electron chi connectivity index (χ2n) is 7.03. The maximum atomic E-state index is 12.7. The van der Waals surface area contributed by atoms with Crippen LogP contribution < -0.4 is 11.0 Å². The fraction of sp³-hybridized carbons (Fsp3) is 0.556. The fourth-order valence-electron chi connectivity index (χ4n) is 3.56. The predicted molar refractivity (Wildman–Crippen MR) is 112 cm³/mol. The summed E-state index contributed by atoms with van der Waals surface area (Å²) in [6.07, 6.45) is 0. The van der Waals surface area contributed by atoms with E-state index >= 15 is 0 Å². The number of carbonyl (C=O) groups is 1. The van der Waals surface area contributed by atoms with E-state index in [1.165, 1.54) is 8.61 Å². The Balaban J connectivity index is 1.60. The molecule has 0 radical (unpaired) electrons. The molecular formula is C18H28N6O4S. The first-order chi connectivity index (χ1) is 13.8. The van der Waals surface area contributed by atoms with Crippen molar-refractivity contribution in [1.82, 2.24) is 23.5 Å². The molecule has 1 amide bonds. The number of anilines is 1. The minimum atomic E-state index is -3.45. The molecule has 3 N–H and O–H groups in total. The van der Waals surface area contributed by atoms with Crippen LogP contribution in [0.1, 0.15) is 20.8 Å². The number of aromatic nitrogens is 2. The molecule has 1 aliphatic rings. The lowest BCUT2D eigenvalue weighted by molar-refractivity contribution is -0.121. The Morgan fingerprint density at radius 2 is 1.76 bits per heavy atom. The van der Waals surface area contributed by atoms with Crippen molar-refractivity contribution in [2.75, 3.05) is 44.6 Å². The number of piperazine rings is 1. The van der Waals surface area contributed by atoms with Crippen LogP contribution in [0.15, 0.2) is 23.0 Å². The largest absolute Gasteiger partial charge is 0.325 e. The molecule has 11 heteroatoms. The van der Waals surface area contributed by atoms with Crippen molar-refractivity contribution in [3.63, 3.8) is 0 Å². The first-order valence-electron chi connectivity index (χ1n) is 9.78. The summed E-state index contributed by atoms with van der Waals surface area (Å²) in [5, 5.41) is 2.86. The van der Waals surface area contributed by atoms with Gasteiger partial charge in [0.05, 0.1) is 17.1 Å². The van der Waals surface area contributed by atoms with E-state index in [1.807, 2.05) is 18.7 Å². The van der Waals surface area contributed by atoms with Gasteiger partial charge in [0, 0.05) is 45.0 Å². The number of H-pyrrole nitrogens is 2. The average Bonchev–Trinajstić information content (AvgIpc) is 3.07. The molecule has 1 aromatic carbocycles.